The second-order valence-electron chi connectivity index (χ2n) is 7.45. The first kappa shape index (κ1) is 15.8. The van der Waals surface area contributed by atoms with Gasteiger partial charge in [-0.2, -0.15) is 0 Å². The number of primary amides is 1. The van der Waals surface area contributed by atoms with Crippen molar-refractivity contribution in [3.63, 3.8) is 0 Å². The molecule has 1 aliphatic heterocycles. The van der Waals surface area contributed by atoms with Gasteiger partial charge in [0.25, 0.3) is 5.91 Å². The van der Waals surface area contributed by atoms with Crippen LogP contribution in [0.25, 0.3) is 16.9 Å². The maximum Gasteiger partial charge on any atom is 0.252 e. The lowest BCUT2D eigenvalue weighted by molar-refractivity contribution is 0.0242. The van der Waals surface area contributed by atoms with E-state index in [0.717, 1.165) is 30.9 Å². The Morgan fingerprint density at radius 2 is 1.92 bits per heavy atom. The molecule has 1 saturated heterocycles. The molecular weight excluding hydrogens is 314 g/mol. The van der Waals surface area contributed by atoms with E-state index in [0.29, 0.717) is 16.6 Å². The summed E-state index contributed by atoms with van der Waals surface area (Å²) in [5.74, 6) is -0.522. The standard InChI is InChI=1S/C19H20N5O/c1-19(2)10-23(11-19)9-13-3-5-14(6-4-13)16-8-7-15(17(20)25)18-21-12-22-24(16)18/h3-8H,9-11H2,1-2H3,(H2,20,25). The molecule has 0 unspecified atom stereocenters. The number of pyridine rings is 1. The maximum absolute atomic E-state index is 11.5. The summed E-state index contributed by atoms with van der Waals surface area (Å²) < 4.78 is 1.60. The average Bonchev–Trinajstić information content (AvgIpc) is 3.02. The first-order valence-corrected chi connectivity index (χ1v) is 8.30. The number of carbonyl (C=O) groups excluding carboxylic acids is 1. The Morgan fingerprint density at radius 3 is 2.56 bits per heavy atom. The van der Waals surface area contributed by atoms with E-state index < -0.39 is 5.91 Å². The molecule has 6 heteroatoms. The molecule has 4 rings (SSSR count). The van der Waals surface area contributed by atoms with Crippen LogP contribution in [0, 0.1) is 11.7 Å². The highest BCUT2D eigenvalue weighted by Gasteiger charge is 2.33. The van der Waals surface area contributed by atoms with Crippen molar-refractivity contribution in [3.05, 3.63) is 53.9 Å². The molecule has 2 N–H and O–H groups in total. The molecule has 25 heavy (non-hydrogen) atoms. The van der Waals surface area contributed by atoms with Crippen molar-refractivity contribution >= 4 is 11.6 Å². The lowest BCUT2D eigenvalue weighted by Crippen LogP contribution is -2.52. The highest BCUT2D eigenvalue weighted by Crippen LogP contribution is 2.30. The van der Waals surface area contributed by atoms with Crippen LogP contribution in [0.2, 0.25) is 0 Å². The summed E-state index contributed by atoms with van der Waals surface area (Å²) in [5, 5.41) is 4.11. The zero-order valence-electron chi connectivity index (χ0n) is 14.4. The monoisotopic (exact) mass is 334 g/mol. The smallest absolute Gasteiger partial charge is 0.252 e. The summed E-state index contributed by atoms with van der Waals surface area (Å²) >= 11 is 0. The Kier molecular flexibility index (Phi) is 3.58. The number of hydrogen-bond acceptors (Lipinski definition) is 4. The van der Waals surface area contributed by atoms with Gasteiger partial charge in [-0.3, -0.25) is 9.69 Å². The molecule has 0 spiro atoms. The molecule has 6 nitrogen and oxygen atoms in total. The molecule has 1 amide bonds. The Morgan fingerprint density at radius 1 is 1.20 bits per heavy atom. The molecular formula is C19H20N5O. The number of hydrogen-bond donors (Lipinski definition) is 1. The topological polar surface area (TPSA) is 76.5 Å². The minimum atomic E-state index is -0.522. The molecule has 0 atom stereocenters. The van der Waals surface area contributed by atoms with Gasteiger partial charge in [0.1, 0.15) is 0 Å². The fourth-order valence-electron chi connectivity index (χ4n) is 3.58. The van der Waals surface area contributed by atoms with Crippen molar-refractivity contribution in [2.75, 3.05) is 13.1 Å². The number of nitrogens with zero attached hydrogens (tertiary/aromatic N) is 4. The SMILES string of the molecule is CC1(C)CN(Cc2ccc(-c3ccc(C(N)=O)c4n[c]nn34)cc2)C1. The molecule has 1 aromatic carbocycles. The van der Waals surface area contributed by atoms with Crippen molar-refractivity contribution < 1.29 is 4.79 Å². The van der Waals surface area contributed by atoms with Crippen LogP contribution in [0.5, 0.6) is 0 Å². The van der Waals surface area contributed by atoms with Crippen LogP contribution in [0.1, 0.15) is 29.8 Å². The second kappa shape index (κ2) is 5.67. The molecule has 3 heterocycles. The number of likely N-dealkylation sites (tertiary alicyclic amines) is 1. The number of benzene rings is 1. The van der Waals surface area contributed by atoms with Gasteiger partial charge in [-0.1, -0.05) is 38.1 Å². The summed E-state index contributed by atoms with van der Waals surface area (Å²) in [5.41, 5.74) is 9.75. The van der Waals surface area contributed by atoms with E-state index in [1.807, 2.05) is 6.07 Å². The molecule has 0 saturated carbocycles. The molecule has 1 aliphatic rings. The van der Waals surface area contributed by atoms with Crippen LogP contribution in [0.3, 0.4) is 0 Å². The second-order valence-corrected chi connectivity index (χ2v) is 7.45. The summed E-state index contributed by atoms with van der Waals surface area (Å²) in [6, 6.07) is 11.9. The van der Waals surface area contributed by atoms with E-state index >= 15 is 0 Å². The van der Waals surface area contributed by atoms with Gasteiger partial charge in [0.2, 0.25) is 6.33 Å². The minimum Gasteiger partial charge on any atom is -0.365 e. The van der Waals surface area contributed by atoms with E-state index in [1.165, 1.54) is 5.56 Å². The van der Waals surface area contributed by atoms with Crippen LogP contribution < -0.4 is 5.73 Å². The quantitative estimate of drug-likeness (QED) is 0.793. The number of rotatable bonds is 4. The van der Waals surface area contributed by atoms with Gasteiger partial charge in [-0.05, 0) is 23.1 Å². The van der Waals surface area contributed by atoms with E-state index in [1.54, 1.807) is 10.6 Å². The third-order valence-electron chi connectivity index (χ3n) is 4.60. The van der Waals surface area contributed by atoms with Crippen LogP contribution >= 0.6 is 0 Å². The minimum absolute atomic E-state index is 0.342. The number of fused-ring (bicyclic) bond motifs is 1. The van der Waals surface area contributed by atoms with E-state index in [9.17, 15) is 4.79 Å². The van der Waals surface area contributed by atoms with Crippen molar-refractivity contribution in [3.8, 4) is 11.3 Å². The van der Waals surface area contributed by atoms with Crippen molar-refractivity contribution in [1.82, 2.24) is 19.5 Å². The fraction of sp³-hybridized carbons (Fsp3) is 0.316. The lowest BCUT2D eigenvalue weighted by Gasteiger charge is -2.46. The zero-order chi connectivity index (χ0) is 17.6. The van der Waals surface area contributed by atoms with Crippen molar-refractivity contribution in [2.45, 2.75) is 20.4 Å². The molecule has 0 bridgehead atoms. The first-order chi connectivity index (χ1) is 11.9. The van der Waals surface area contributed by atoms with E-state index in [-0.39, 0.29) is 0 Å². The number of nitrogens with two attached hydrogens (primary N) is 1. The molecule has 3 aromatic rings. The number of amides is 1. The average molecular weight is 334 g/mol. The fourth-order valence-corrected chi connectivity index (χ4v) is 3.58. The number of aromatic nitrogens is 3. The zero-order valence-corrected chi connectivity index (χ0v) is 14.4. The Balaban J connectivity index is 1.60. The predicted octanol–water partition coefficient (Wildman–Crippen LogP) is 2.14. The van der Waals surface area contributed by atoms with E-state index in [2.05, 4.69) is 59.4 Å². The van der Waals surface area contributed by atoms with Gasteiger partial charge in [0.15, 0.2) is 5.65 Å². The van der Waals surface area contributed by atoms with Crippen LogP contribution in [0.15, 0.2) is 36.4 Å². The predicted molar refractivity (Wildman–Crippen MR) is 94.8 cm³/mol. The van der Waals surface area contributed by atoms with E-state index in [4.69, 9.17) is 5.73 Å². The molecule has 127 valence electrons. The maximum atomic E-state index is 11.5. The number of carbonyl (C=O) groups is 1. The highest BCUT2D eigenvalue weighted by molar-refractivity contribution is 5.99. The summed E-state index contributed by atoms with van der Waals surface area (Å²) in [6.07, 6.45) is 2.55. The summed E-state index contributed by atoms with van der Waals surface area (Å²) in [6.45, 7) is 7.83. The Hall–Kier alpha value is -2.73. The molecule has 1 fully saturated rings. The highest BCUT2D eigenvalue weighted by atomic mass is 16.1. The Bertz CT molecular complexity index is 934. The van der Waals surface area contributed by atoms with Crippen molar-refractivity contribution in [2.24, 2.45) is 11.1 Å². The van der Waals surface area contributed by atoms with Crippen LogP contribution in [0.4, 0.5) is 0 Å². The largest absolute Gasteiger partial charge is 0.365 e. The van der Waals surface area contributed by atoms with Gasteiger partial charge in [0.05, 0.1) is 11.3 Å². The first-order valence-electron chi connectivity index (χ1n) is 8.30. The van der Waals surface area contributed by atoms with Gasteiger partial charge < -0.3 is 5.73 Å². The third-order valence-corrected chi connectivity index (χ3v) is 4.60. The van der Waals surface area contributed by atoms with Gasteiger partial charge in [0, 0.05) is 25.2 Å². The van der Waals surface area contributed by atoms with Crippen LogP contribution in [-0.2, 0) is 6.54 Å². The van der Waals surface area contributed by atoms with Gasteiger partial charge in [-0.25, -0.2) is 9.50 Å². The normalized spacial score (nSPS) is 16.7. The Labute approximate surface area is 146 Å². The van der Waals surface area contributed by atoms with Crippen LogP contribution in [-0.4, -0.2) is 38.5 Å². The van der Waals surface area contributed by atoms with Crippen molar-refractivity contribution in [1.29, 1.82) is 0 Å². The molecule has 0 aliphatic carbocycles. The third kappa shape index (κ3) is 2.89. The molecule has 1 radical (unpaired) electrons. The summed E-state index contributed by atoms with van der Waals surface area (Å²) in [7, 11) is 0. The molecule has 2 aromatic heterocycles. The van der Waals surface area contributed by atoms with Gasteiger partial charge in [-0.15, -0.1) is 5.10 Å². The lowest BCUT2D eigenvalue weighted by atomic mass is 9.84. The van der Waals surface area contributed by atoms with Gasteiger partial charge >= 0.3 is 0 Å². The summed E-state index contributed by atoms with van der Waals surface area (Å²) in [4.78, 5) is 18.0.